The average Bonchev–Trinajstić information content (AvgIpc) is 2.43. The van der Waals surface area contributed by atoms with Crippen LogP contribution in [0.25, 0.3) is 0 Å². The summed E-state index contributed by atoms with van der Waals surface area (Å²) in [5.74, 6) is 0.874. The van der Waals surface area contributed by atoms with Crippen LogP contribution in [0.2, 0.25) is 0 Å². The van der Waals surface area contributed by atoms with E-state index >= 15 is 0 Å². The highest BCUT2D eigenvalue weighted by atomic mass is 79.9. The molecule has 114 valence electrons. The van der Waals surface area contributed by atoms with Crippen molar-refractivity contribution in [3.8, 4) is 5.75 Å². The third kappa shape index (κ3) is 5.72. The van der Waals surface area contributed by atoms with Crippen molar-refractivity contribution in [1.82, 2.24) is 10.2 Å². The van der Waals surface area contributed by atoms with Crippen LogP contribution in [0.15, 0.2) is 21.1 Å². The maximum atomic E-state index is 5.59. The number of likely N-dealkylation sites (N-methyl/N-ethyl adjacent to an activating group) is 1. The Hall–Kier alpha value is -0.100. The summed E-state index contributed by atoms with van der Waals surface area (Å²) < 4.78 is 7.58. The Labute approximate surface area is 139 Å². The van der Waals surface area contributed by atoms with Crippen LogP contribution in [0.5, 0.6) is 5.75 Å². The molecule has 1 aromatic carbocycles. The predicted molar refractivity (Wildman–Crippen MR) is 92.5 cm³/mol. The van der Waals surface area contributed by atoms with Crippen molar-refractivity contribution in [3.63, 3.8) is 0 Å². The van der Waals surface area contributed by atoms with Crippen LogP contribution < -0.4 is 10.1 Å². The second-order valence-corrected chi connectivity index (χ2v) is 6.23. The largest absolute Gasteiger partial charge is 0.492 e. The SMILES string of the molecule is CCOc1c(Br)cc(CNCCN(CC)CC)cc1Br. The topological polar surface area (TPSA) is 24.5 Å². The van der Waals surface area contributed by atoms with Crippen LogP contribution in [-0.4, -0.2) is 37.7 Å². The molecule has 0 unspecified atom stereocenters. The van der Waals surface area contributed by atoms with Gasteiger partial charge in [-0.15, -0.1) is 0 Å². The molecule has 1 aromatic rings. The fourth-order valence-corrected chi connectivity index (χ4v) is 3.52. The molecule has 1 N–H and O–H groups in total. The molecule has 20 heavy (non-hydrogen) atoms. The van der Waals surface area contributed by atoms with Crippen LogP contribution in [0.4, 0.5) is 0 Å². The number of nitrogens with one attached hydrogen (secondary N) is 1. The quantitative estimate of drug-likeness (QED) is 0.625. The first-order valence-corrected chi connectivity index (χ1v) is 8.74. The van der Waals surface area contributed by atoms with Gasteiger partial charge < -0.3 is 15.0 Å². The van der Waals surface area contributed by atoms with Gasteiger partial charge in [-0.25, -0.2) is 0 Å². The standard InChI is InChI=1S/C15H24Br2N2O/c1-4-19(5-2)8-7-18-11-12-9-13(16)15(20-6-3)14(17)10-12/h9-10,18H,4-8,11H2,1-3H3. The van der Waals surface area contributed by atoms with Crippen molar-refractivity contribution >= 4 is 31.9 Å². The molecule has 0 fully saturated rings. The van der Waals surface area contributed by atoms with Gasteiger partial charge in [-0.2, -0.15) is 0 Å². The van der Waals surface area contributed by atoms with Gasteiger partial charge in [-0.05, 0) is 69.6 Å². The molecule has 0 aromatic heterocycles. The zero-order valence-electron chi connectivity index (χ0n) is 12.5. The molecular formula is C15H24Br2N2O. The first-order chi connectivity index (χ1) is 9.62. The van der Waals surface area contributed by atoms with Gasteiger partial charge in [-0.3, -0.25) is 0 Å². The van der Waals surface area contributed by atoms with Crippen LogP contribution in [0.3, 0.4) is 0 Å². The first-order valence-electron chi connectivity index (χ1n) is 7.16. The van der Waals surface area contributed by atoms with E-state index in [1.807, 2.05) is 6.92 Å². The summed E-state index contributed by atoms with van der Waals surface area (Å²) in [5.41, 5.74) is 1.24. The van der Waals surface area contributed by atoms with E-state index in [4.69, 9.17) is 4.74 Å². The van der Waals surface area contributed by atoms with Gasteiger partial charge in [0.05, 0.1) is 15.6 Å². The summed E-state index contributed by atoms with van der Waals surface area (Å²) in [6.07, 6.45) is 0. The lowest BCUT2D eigenvalue weighted by Gasteiger charge is -2.18. The molecule has 3 nitrogen and oxygen atoms in total. The minimum Gasteiger partial charge on any atom is -0.492 e. The zero-order valence-corrected chi connectivity index (χ0v) is 15.7. The molecule has 0 saturated carbocycles. The second kappa shape index (κ2) is 9.77. The van der Waals surface area contributed by atoms with Crippen molar-refractivity contribution < 1.29 is 4.74 Å². The van der Waals surface area contributed by atoms with E-state index < -0.39 is 0 Å². The summed E-state index contributed by atoms with van der Waals surface area (Å²) in [7, 11) is 0. The smallest absolute Gasteiger partial charge is 0.147 e. The van der Waals surface area contributed by atoms with E-state index in [0.717, 1.165) is 47.4 Å². The Balaban J connectivity index is 2.49. The van der Waals surface area contributed by atoms with Gasteiger partial charge in [-0.1, -0.05) is 13.8 Å². The van der Waals surface area contributed by atoms with E-state index in [1.54, 1.807) is 0 Å². The summed E-state index contributed by atoms with van der Waals surface area (Å²) in [6, 6.07) is 4.22. The van der Waals surface area contributed by atoms with E-state index in [9.17, 15) is 0 Å². The van der Waals surface area contributed by atoms with Crippen LogP contribution in [0.1, 0.15) is 26.3 Å². The van der Waals surface area contributed by atoms with Gasteiger partial charge in [0.2, 0.25) is 0 Å². The summed E-state index contributed by atoms with van der Waals surface area (Å²) in [6.45, 7) is 12.2. The normalized spacial score (nSPS) is 11.1. The minimum atomic E-state index is 0.665. The average molecular weight is 408 g/mol. The van der Waals surface area contributed by atoms with Crippen molar-refractivity contribution in [2.24, 2.45) is 0 Å². The molecule has 5 heteroatoms. The molecule has 0 heterocycles. The highest BCUT2D eigenvalue weighted by Crippen LogP contribution is 2.34. The minimum absolute atomic E-state index is 0.665. The Bertz CT molecular complexity index is 386. The van der Waals surface area contributed by atoms with E-state index in [2.05, 4.69) is 68.1 Å². The Kier molecular flexibility index (Phi) is 8.77. The second-order valence-electron chi connectivity index (χ2n) is 4.53. The molecule has 1 rings (SSSR count). The van der Waals surface area contributed by atoms with Gasteiger partial charge >= 0.3 is 0 Å². The fourth-order valence-electron chi connectivity index (χ4n) is 2.01. The lowest BCUT2D eigenvalue weighted by molar-refractivity contribution is 0.302. The number of halogens is 2. The van der Waals surface area contributed by atoms with Gasteiger partial charge in [0, 0.05) is 19.6 Å². The fraction of sp³-hybridized carbons (Fsp3) is 0.600. The number of hydrogen-bond acceptors (Lipinski definition) is 3. The van der Waals surface area contributed by atoms with Gasteiger partial charge in [0.25, 0.3) is 0 Å². The molecule has 0 aliphatic carbocycles. The number of ether oxygens (including phenoxy) is 1. The third-order valence-electron chi connectivity index (χ3n) is 3.18. The molecule has 0 bridgehead atoms. The maximum absolute atomic E-state index is 5.59. The molecular weight excluding hydrogens is 384 g/mol. The molecule has 0 amide bonds. The Morgan fingerprint density at radius 1 is 1.10 bits per heavy atom. The van der Waals surface area contributed by atoms with E-state index in [-0.39, 0.29) is 0 Å². The lowest BCUT2D eigenvalue weighted by atomic mass is 10.2. The lowest BCUT2D eigenvalue weighted by Crippen LogP contribution is -2.31. The molecule has 0 aliphatic rings. The molecule has 0 aliphatic heterocycles. The molecule has 0 atom stereocenters. The summed E-state index contributed by atoms with van der Waals surface area (Å²) >= 11 is 7.13. The Morgan fingerprint density at radius 3 is 2.20 bits per heavy atom. The van der Waals surface area contributed by atoms with Crippen molar-refractivity contribution in [1.29, 1.82) is 0 Å². The number of benzene rings is 1. The van der Waals surface area contributed by atoms with Crippen molar-refractivity contribution in [2.75, 3.05) is 32.8 Å². The summed E-state index contributed by atoms with van der Waals surface area (Å²) in [4.78, 5) is 2.41. The zero-order chi connectivity index (χ0) is 15.0. The molecule has 0 saturated heterocycles. The van der Waals surface area contributed by atoms with Crippen molar-refractivity contribution in [2.45, 2.75) is 27.3 Å². The van der Waals surface area contributed by atoms with E-state index in [0.29, 0.717) is 6.61 Å². The monoisotopic (exact) mass is 406 g/mol. The predicted octanol–water partition coefficient (Wildman–Crippen LogP) is 4.04. The summed E-state index contributed by atoms with van der Waals surface area (Å²) in [5, 5.41) is 3.48. The Morgan fingerprint density at radius 2 is 1.70 bits per heavy atom. The van der Waals surface area contributed by atoms with Crippen LogP contribution in [-0.2, 0) is 6.54 Å². The molecule has 0 spiro atoms. The van der Waals surface area contributed by atoms with Crippen LogP contribution in [0, 0.1) is 0 Å². The maximum Gasteiger partial charge on any atom is 0.147 e. The third-order valence-corrected chi connectivity index (χ3v) is 4.35. The van der Waals surface area contributed by atoms with Gasteiger partial charge in [0.15, 0.2) is 0 Å². The highest BCUT2D eigenvalue weighted by Gasteiger charge is 2.08. The number of hydrogen-bond donors (Lipinski definition) is 1. The first kappa shape index (κ1) is 18.0. The van der Waals surface area contributed by atoms with Gasteiger partial charge in [0.1, 0.15) is 5.75 Å². The number of nitrogens with zero attached hydrogens (tertiary/aromatic N) is 1. The number of rotatable bonds is 9. The van der Waals surface area contributed by atoms with E-state index in [1.165, 1.54) is 5.56 Å². The van der Waals surface area contributed by atoms with Crippen LogP contribution >= 0.6 is 31.9 Å². The van der Waals surface area contributed by atoms with Crippen molar-refractivity contribution in [3.05, 3.63) is 26.6 Å². The molecule has 0 radical (unpaired) electrons. The highest BCUT2D eigenvalue weighted by molar-refractivity contribution is 9.11.